The van der Waals surface area contributed by atoms with Gasteiger partial charge in [0.05, 0.1) is 0 Å². The molecule has 0 bridgehead atoms. The van der Waals surface area contributed by atoms with Crippen molar-refractivity contribution in [2.75, 3.05) is 19.7 Å². The molecule has 19 heavy (non-hydrogen) atoms. The van der Waals surface area contributed by atoms with Crippen molar-refractivity contribution in [2.24, 2.45) is 5.41 Å². The summed E-state index contributed by atoms with van der Waals surface area (Å²) in [6.45, 7) is 0.900. The average Bonchev–Trinajstić information content (AvgIpc) is 3.07. The molecule has 2 N–H and O–H groups in total. The molecule has 0 unspecified atom stereocenters. The van der Waals surface area contributed by atoms with Gasteiger partial charge in [-0.05, 0) is 24.7 Å². The van der Waals surface area contributed by atoms with Crippen LogP contribution in [0.1, 0.15) is 38.5 Å². The van der Waals surface area contributed by atoms with E-state index < -0.39 is 0 Å². The Hall–Kier alpha value is -1.43. The first-order chi connectivity index (χ1) is 9.06. The van der Waals surface area contributed by atoms with Crippen molar-refractivity contribution in [3.8, 4) is 0 Å². The number of likely N-dealkylation sites (tertiary alicyclic amines) is 1. The van der Waals surface area contributed by atoms with E-state index in [1.807, 2.05) is 0 Å². The van der Waals surface area contributed by atoms with Crippen molar-refractivity contribution in [3.05, 3.63) is 0 Å². The fourth-order valence-corrected chi connectivity index (χ4v) is 2.39. The minimum Gasteiger partial charge on any atom is -0.396 e. The maximum atomic E-state index is 11.7. The van der Waals surface area contributed by atoms with Crippen molar-refractivity contribution in [1.82, 2.24) is 10.2 Å². The van der Waals surface area contributed by atoms with Crippen LogP contribution >= 0.6 is 0 Å². The van der Waals surface area contributed by atoms with Gasteiger partial charge in [-0.15, -0.1) is 0 Å². The molecule has 0 atom stereocenters. The quantitative estimate of drug-likeness (QED) is 0.626. The summed E-state index contributed by atoms with van der Waals surface area (Å²) in [5.74, 6) is -0.509. The van der Waals surface area contributed by atoms with E-state index in [0.717, 1.165) is 19.3 Å². The number of nitrogens with zero attached hydrogens (tertiary/aromatic N) is 1. The Morgan fingerprint density at radius 2 is 1.89 bits per heavy atom. The van der Waals surface area contributed by atoms with Crippen LogP contribution in [0.25, 0.3) is 0 Å². The number of aliphatic hydroxyl groups excluding tert-OH is 1. The molecular weight excluding hydrogens is 248 g/mol. The normalized spacial score (nSPS) is 20.8. The van der Waals surface area contributed by atoms with Crippen molar-refractivity contribution >= 4 is 17.7 Å². The Balaban J connectivity index is 1.67. The molecule has 3 amide bonds. The number of imide groups is 1. The first-order valence-corrected chi connectivity index (χ1v) is 6.77. The predicted molar refractivity (Wildman–Crippen MR) is 67.0 cm³/mol. The maximum absolute atomic E-state index is 11.7. The number of nitrogens with one attached hydrogen (secondary N) is 1. The van der Waals surface area contributed by atoms with Gasteiger partial charge in [0, 0.05) is 39.0 Å². The summed E-state index contributed by atoms with van der Waals surface area (Å²) in [5, 5.41) is 11.7. The van der Waals surface area contributed by atoms with Crippen LogP contribution in [-0.2, 0) is 14.4 Å². The van der Waals surface area contributed by atoms with Gasteiger partial charge in [-0.1, -0.05) is 0 Å². The molecule has 2 rings (SSSR count). The zero-order valence-electron chi connectivity index (χ0n) is 11.0. The lowest BCUT2D eigenvalue weighted by Crippen LogP contribution is -2.36. The Labute approximate surface area is 112 Å². The molecule has 2 aliphatic rings. The van der Waals surface area contributed by atoms with Gasteiger partial charge in [0.15, 0.2) is 0 Å². The van der Waals surface area contributed by atoms with Crippen LogP contribution in [0.2, 0.25) is 0 Å². The lowest BCUT2D eigenvalue weighted by atomic mass is 10.0. The summed E-state index contributed by atoms with van der Waals surface area (Å²) in [4.78, 5) is 35.5. The second kappa shape index (κ2) is 5.69. The molecule has 106 valence electrons. The summed E-state index contributed by atoms with van der Waals surface area (Å²) >= 11 is 0. The van der Waals surface area contributed by atoms with E-state index in [9.17, 15) is 14.4 Å². The molecule has 6 heteroatoms. The fourth-order valence-electron chi connectivity index (χ4n) is 2.39. The summed E-state index contributed by atoms with van der Waals surface area (Å²) in [6, 6.07) is 0. The molecule has 0 aromatic heterocycles. The Morgan fingerprint density at radius 1 is 1.26 bits per heavy atom. The molecule has 6 nitrogen and oxygen atoms in total. The second-order valence-electron chi connectivity index (χ2n) is 5.44. The Bertz CT molecular complexity index is 374. The molecule has 0 aromatic carbocycles. The molecule has 0 radical (unpaired) electrons. The highest BCUT2D eigenvalue weighted by Crippen LogP contribution is 2.47. The molecular formula is C13H20N2O4. The lowest BCUT2D eigenvalue weighted by Gasteiger charge is -2.16. The van der Waals surface area contributed by atoms with Gasteiger partial charge in [0.2, 0.25) is 17.7 Å². The van der Waals surface area contributed by atoms with Crippen LogP contribution in [0.5, 0.6) is 0 Å². The fraction of sp³-hybridized carbons (Fsp3) is 0.769. The Morgan fingerprint density at radius 3 is 2.42 bits per heavy atom. The summed E-state index contributed by atoms with van der Waals surface area (Å²) in [6.07, 6.45) is 3.48. The highest BCUT2D eigenvalue weighted by molar-refractivity contribution is 6.02. The number of amides is 3. The summed E-state index contributed by atoms with van der Waals surface area (Å²) < 4.78 is 0. The number of aliphatic hydroxyl groups is 1. The molecule has 1 saturated carbocycles. The zero-order valence-corrected chi connectivity index (χ0v) is 11.0. The van der Waals surface area contributed by atoms with Crippen LogP contribution in [0.3, 0.4) is 0 Å². The van der Waals surface area contributed by atoms with Gasteiger partial charge in [-0.25, -0.2) is 0 Å². The van der Waals surface area contributed by atoms with Gasteiger partial charge in [-0.2, -0.15) is 0 Å². The molecule has 1 aliphatic heterocycles. The maximum Gasteiger partial charge on any atom is 0.229 e. The topological polar surface area (TPSA) is 86.7 Å². The SMILES string of the molecule is O=C(CCN1C(=O)CCC1=O)NCC1(CCO)CC1. The van der Waals surface area contributed by atoms with Crippen LogP contribution < -0.4 is 5.32 Å². The second-order valence-corrected chi connectivity index (χ2v) is 5.44. The number of hydrogen-bond acceptors (Lipinski definition) is 4. The summed E-state index contributed by atoms with van der Waals surface area (Å²) in [7, 11) is 0. The van der Waals surface area contributed by atoms with E-state index in [1.54, 1.807) is 0 Å². The van der Waals surface area contributed by atoms with E-state index in [4.69, 9.17) is 5.11 Å². The van der Waals surface area contributed by atoms with Crippen molar-refractivity contribution < 1.29 is 19.5 Å². The number of hydrogen-bond donors (Lipinski definition) is 2. The third kappa shape index (κ3) is 3.53. The van der Waals surface area contributed by atoms with Crippen LogP contribution in [0.4, 0.5) is 0 Å². The number of carbonyl (C=O) groups is 3. The smallest absolute Gasteiger partial charge is 0.229 e. The molecule has 0 aromatic rings. The van der Waals surface area contributed by atoms with E-state index in [-0.39, 0.29) is 55.6 Å². The monoisotopic (exact) mass is 268 g/mol. The molecule has 1 saturated heterocycles. The molecule has 2 fully saturated rings. The van der Waals surface area contributed by atoms with Crippen LogP contribution in [0.15, 0.2) is 0 Å². The minimum absolute atomic E-state index is 0.0870. The van der Waals surface area contributed by atoms with Crippen molar-refractivity contribution in [1.29, 1.82) is 0 Å². The lowest BCUT2D eigenvalue weighted by molar-refractivity contribution is -0.138. The third-order valence-electron chi connectivity index (χ3n) is 3.98. The highest BCUT2D eigenvalue weighted by Gasteiger charge is 2.41. The average molecular weight is 268 g/mol. The third-order valence-corrected chi connectivity index (χ3v) is 3.98. The van der Waals surface area contributed by atoms with Gasteiger partial charge in [0.25, 0.3) is 0 Å². The van der Waals surface area contributed by atoms with E-state index in [0.29, 0.717) is 6.54 Å². The molecule has 1 heterocycles. The van der Waals surface area contributed by atoms with E-state index in [2.05, 4.69) is 5.32 Å². The van der Waals surface area contributed by atoms with Crippen LogP contribution in [0, 0.1) is 5.41 Å². The predicted octanol–water partition coefficient (Wildman–Crippen LogP) is -0.196. The highest BCUT2D eigenvalue weighted by atomic mass is 16.3. The molecule has 0 spiro atoms. The van der Waals surface area contributed by atoms with E-state index >= 15 is 0 Å². The van der Waals surface area contributed by atoms with Gasteiger partial charge in [0.1, 0.15) is 0 Å². The standard InChI is InChI=1S/C13H20N2O4/c16-8-6-13(4-5-13)9-14-10(17)3-7-15-11(18)1-2-12(15)19/h16H,1-9H2,(H,14,17). The van der Waals surface area contributed by atoms with E-state index in [1.165, 1.54) is 4.90 Å². The zero-order chi connectivity index (χ0) is 13.9. The Kier molecular flexibility index (Phi) is 4.19. The summed E-state index contributed by atoms with van der Waals surface area (Å²) in [5.41, 5.74) is 0.0870. The minimum atomic E-state index is -0.184. The first kappa shape index (κ1) is 14.0. The van der Waals surface area contributed by atoms with Crippen LogP contribution in [-0.4, -0.2) is 47.4 Å². The largest absolute Gasteiger partial charge is 0.396 e. The molecule has 1 aliphatic carbocycles. The van der Waals surface area contributed by atoms with Crippen molar-refractivity contribution in [2.45, 2.75) is 38.5 Å². The van der Waals surface area contributed by atoms with Gasteiger partial charge < -0.3 is 10.4 Å². The van der Waals surface area contributed by atoms with Gasteiger partial charge in [-0.3, -0.25) is 19.3 Å². The first-order valence-electron chi connectivity index (χ1n) is 6.77. The van der Waals surface area contributed by atoms with Gasteiger partial charge >= 0.3 is 0 Å². The number of carbonyl (C=O) groups excluding carboxylic acids is 3. The number of rotatable bonds is 7. The van der Waals surface area contributed by atoms with Crippen molar-refractivity contribution in [3.63, 3.8) is 0 Å².